The molecule has 0 aliphatic carbocycles. The van der Waals surface area contributed by atoms with Crippen molar-refractivity contribution in [2.24, 2.45) is 5.92 Å². The lowest BCUT2D eigenvalue weighted by Crippen LogP contribution is -2.42. The first kappa shape index (κ1) is 18.8. The number of nitrogens with zero attached hydrogens (tertiary/aromatic N) is 1. The maximum Gasteiger partial charge on any atom is 0.444 e. The van der Waals surface area contributed by atoms with Gasteiger partial charge in [-0.25, -0.2) is 9.59 Å². The summed E-state index contributed by atoms with van der Waals surface area (Å²) in [5.74, 6) is -0.0646. The van der Waals surface area contributed by atoms with Gasteiger partial charge in [0.15, 0.2) is 0 Å². The van der Waals surface area contributed by atoms with Crippen LogP contribution in [0.1, 0.15) is 39.7 Å². The van der Waals surface area contributed by atoms with Crippen LogP contribution in [0.5, 0.6) is 0 Å². The summed E-state index contributed by atoms with van der Waals surface area (Å²) in [5, 5.41) is 1.15. The molecular weight excluding hydrogens is 322 g/mol. The van der Waals surface area contributed by atoms with Crippen molar-refractivity contribution in [2.75, 3.05) is 6.61 Å². The number of esters is 1. The van der Waals surface area contributed by atoms with Crippen molar-refractivity contribution in [3.8, 4) is 0 Å². The molecule has 2 unspecified atom stereocenters. The van der Waals surface area contributed by atoms with E-state index in [-0.39, 0.29) is 19.1 Å². The minimum Gasteiger partial charge on any atom is -0.462 e. The molecule has 0 radical (unpaired) electrons. The molecule has 0 saturated heterocycles. The summed E-state index contributed by atoms with van der Waals surface area (Å²) in [6.45, 7) is 7.76. The average Bonchev–Trinajstić information content (AvgIpc) is 2.97. The molecule has 1 aliphatic heterocycles. The lowest BCUT2D eigenvalue weighted by atomic mass is 9.92. The van der Waals surface area contributed by atoms with Crippen LogP contribution in [0, 0.1) is 5.92 Å². The highest BCUT2D eigenvalue weighted by molar-refractivity contribution is 5.92. The van der Waals surface area contributed by atoms with Gasteiger partial charge in [-0.3, -0.25) is 0 Å². The van der Waals surface area contributed by atoms with Gasteiger partial charge in [-0.05, 0) is 25.3 Å². The van der Waals surface area contributed by atoms with Crippen molar-refractivity contribution < 1.29 is 23.9 Å². The Hall–Kier alpha value is -2.50. The average molecular weight is 347 g/mol. The number of ether oxygens (including phenoxy) is 2. The zero-order valence-corrected chi connectivity index (χ0v) is 15.2. The van der Waals surface area contributed by atoms with Crippen LogP contribution in [0.3, 0.4) is 0 Å². The number of rotatable bonds is 6. The van der Waals surface area contributed by atoms with Crippen molar-refractivity contribution in [1.82, 2.24) is 5.06 Å². The van der Waals surface area contributed by atoms with Gasteiger partial charge in [-0.2, -0.15) is 0 Å². The monoisotopic (exact) mass is 347 g/mol. The fraction of sp³-hybridized carbons (Fsp3) is 0.474. The summed E-state index contributed by atoms with van der Waals surface area (Å²) in [6.07, 6.45) is 0.153. The van der Waals surface area contributed by atoms with E-state index in [1.54, 1.807) is 13.8 Å². The Morgan fingerprint density at radius 1 is 1.20 bits per heavy atom. The van der Waals surface area contributed by atoms with Crippen molar-refractivity contribution in [1.29, 1.82) is 0 Å². The van der Waals surface area contributed by atoms with E-state index in [9.17, 15) is 9.59 Å². The third-order valence-corrected chi connectivity index (χ3v) is 4.23. The highest BCUT2D eigenvalue weighted by atomic mass is 16.7. The Labute approximate surface area is 148 Å². The van der Waals surface area contributed by atoms with Crippen LogP contribution in [0.15, 0.2) is 41.7 Å². The summed E-state index contributed by atoms with van der Waals surface area (Å²) in [5.41, 5.74) is 1.26. The summed E-state index contributed by atoms with van der Waals surface area (Å²) in [4.78, 5) is 30.4. The van der Waals surface area contributed by atoms with Gasteiger partial charge >= 0.3 is 12.1 Å². The molecule has 136 valence electrons. The van der Waals surface area contributed by atoms with E-state index in [0.717, 1.165) is 17.0 Å². The molecule has 0 saturated carbocycles. The zero-order valence-electron chi connectivity index (χ0n) is 15.2. The van der Waals surface area contributed by atoms with Crippen LogP contribution in [-0.2, 0) is 25.7 Å². The van der Waals surface area contributed by atoms with Gasteiger partial charge in [-0.15, -0.1) is 5.06 Å². The van der Waals surface area contributed by atoms with Crippen LogP contribution in [0.2, 0.25) is 0 Å². The Bertz CT molecular complexity index is 640. The molecule has 0 N–H and O–H groups in total. The standard InChI is InChI=1S/C19H25NO5/c1-5-13(3)17-16(18(21)23-6-2)14(4)25-20(17)19(22)24-12-15-10-8-7-9-11-15/h7-11,13,17H,5-6,12H2,1-4H3. The molecule has 0 bridgehead atoms. The minimum absolute atomic E-state index is 0.0149. The maximum atomic E-state index is 12.5. The second-order valence-electron chi connectivity index (χ2n) is 5.98. The normalized spacial score (nSPS) is 17.9. The number of amides is 1. The van der Waals surface area contributed by atoms with E-state index >= 15 is 0 Å². The van der Waals surface area contributed by atoms with Crippen LogP contribution in [0.4, 0.5) is 4.79 Å². The Kier molecular flexibility index (Phi) is 6.44. The number of hydrogen-bond donors (Lipinski definition) is 0. The number of benzene rings is 1. The van der Waals surface area contributed by atoms with Crippen molar-refractivity contribution in [3.05, 3.63) is 47.2 Å². The first-order valence-corrected chi connectivity index (χ1v) is 8.55. The number of hydrogen-bond acceptors (Lipinski definition) is 5. The SMILES string of the molecule is CCOC(=O)C1=C(C)ON(C(=O)OCc2ccccc2)C1C(C)CC. The van der Waals surface area contributed by atoms with Crippen molar-refractivity contribution in [3.63, 3.8) is 0 Å². The molecule has 6 nitrogen and oxygen atoms in total. The Balaban J connectivity index is 2.13. The van der Waals surface area contributed by atoms with E-state index in [1.165, 1.54) is 0 Å². The first-order chi connectivity index (χ1) is 12.0. The zero-order chi connectivity index (χ0) is 18.4. The van der Waals surface area contributed by atoms with E-state index in [1.807, 2.05) is 44.2 Å². The molecular formula is C19H25NO5. The third kappa shape index (κ3) is 4.32. The molecule has 2 atom stereocenters. The van der Waals surface area contributed by atoms with Crippen LogP contribution in [-0.4, -0.2) is 29.8 Å². The second kappa shape index (κ2) is 8.55. The largest absolute Gasteiger partial charge is 0.462 e. The topological polar surface area (TPSA) is 65.1 Å². The maximum absolute atomic E-state index is 12.5. The van der Waals surface area contributed by atoms with Crippen LogP contribution in [0.25, 0.3) is 0 Å². The fourth-order valence-electron chi connectivity index (χ4n) is 2.72. The third-order valence-electron chi connectivity index (χ3n) is 4.23. The Morgan fingerprint density at radius 2 is 1.88 bits per heavy atom. The van der Waals surface area contributed by atoms with Gasteiger partial charge in [0.05, 0.1) is 6.61 Å². The van der Waals surface area contributed by atoms with Gasteiger partial charge in [0.25, 0.3) is 0 Å². The van der Waals surface area contributed by atoms with E-state index in [0.29, 0.717) is 11.3 Å². The smallest absolute Gasteiger partial charge is 0.444 e. The predicted octanol–water partition coefficient (Wildman–Crippen LogP) is 3.82. The van der Waals surface area contributed by atoms with Gasteiger partial charge < -0.3 is 14.3 Å². The molecule has 0 aromatic heterocycles. The van der Waals surface area contributed by atoms with Crippen molar-refractivity contribution in [2.45, 2.75) is 46.8 Å². The molecule has 0 spiro atoms. The summed E-state index contributed by atoms with van der Waals surface area (Å²) in [7, 11) is 0. The number of allylic oxidation sites excluding steroid dienone is 1. The van der Waals surface area contributed by atoms with Gasteiger partial charge in [0.2, 0.25) is 0 Å². The highest BCUT2D eigenvalue weighted by Crippen LogP contribution is 2.33. The van der Waals surface area contributed by atoms with E-state index < -0.39 is 18.1 Å². The summed E-state index contributed by atoms with van der Waals surface area (Å²) in [6, 6.07) is 8.87. The lowest BCUT2D eigenvalue weighted by Gasteiger charge is -2.27. The molecule has 1 heterocycles. The first-order valence-electron chi connectivity index (χ1n) is 8.55. The van der Waals surface area contributed by atoms with Gasteiger partial charge in [-0.1, -0.05) is 50.6 Å². The van der Waals surface area contributed by atoms with Crippen LogP contribution >= 0.6 is 0 Å². The number of carbonyl (C=O) groups excluding carboxylic acids is 2. The second-order valence-corrected chi connectivity index (χ2v) is 5.98. The van der Waals surface area contributed by atoms with Gasteiger partial charge in [0, 0.05) is 0 Å². The number of hydroxylamine groups is 2. The van der Waals surface area contributed by atoms with E-state index in [2.05, 4.69) is 0 Å². The quantitative estimate of drug-likeness (QED) is 0.732. The van der Waals surface area contributed by atoms with Crippen LogP contribution < -0.4 is 0 Å². The van der Waals surface area contributed by atoms with Gasteiger partial charge in [0.1, 0.15) is 24.0 Å². The fourth-order valence-corrected chi connectivity index (χ4v) is 2.72. The lowest BCUT2D eigenvalue weighted by molar-refractivity contribution is -0.140. The Morgan fingerprint density at radius 3 is 2.48 bits per heavy atom. The molecule has 1 aromatic rings. The molecule has 1 aromatic carbocycles. The highest BCUT2D eigenvalue weighted by Gasteiger charge is 2.44. The molecule has 6 heteroatoms. The molecule has 1 aliphatic rings. The summed E-state index contributed by atoms with van der Waals surface area (Å²) < 4.78 is 10.5. The van der Waals surface area contributed by atoms with Crippen molar-refractivity contribution >= 4 is 12.1 Å². The molecule has 1 amide bonds. The van der Waals surface area contributed by atoms with E-state index in [4.69, 9.17) is 14.3 Å². The number of carbonyl (C=O) groups is 2. The minimum atomic E-state index is -0.618. The predicted molar refractivity (Wildman–Crippen MR) is 92.1 cm³/mol. The molecule has 0 fully saturated rings. The molecule has 25 heavy (non-hydrogen) atoms. The molecule has 2 rings (SSSR count). The summed E-state index contributed by atoms with van der Waals surface area (Å²) >= 11 is 0.